The summed E-state index contributed by atoms with van der Waals surface area (Å²) in [4.78, 5) is 8.75. The number of rotatable bonds is 4. The third-order valence-corrected chi connectivity index (χ3v) is 5.97. The van der Waals surface area contributed by atoms with Gasteiger partial charge in [0, 0.05) is 49.4 Å². The number of hydrogen-bond donors (Lipinski definition) is 2. The van der Waals surface area contributed by atoms with Crippen molar-refractivity contribution in [1.29, 1.82) is 0 Å². The molecule has 0 aliphatic rings. The van der Waals surface area contributed by atoms with Gasteiger partial charge in [-0.3, -0.25) is 9.98 Å². The summed E-state index contributed by atoms with van der Waals surface area (Å²) in [6, 6.07) is 31.0. The van der Waals surface area contributed by atoms with Gasteiger partial charge >= 0.3 is 0 Å². The molecule has 0 radical (unpaired) electrons. The summed E-state index contributed by atoms with van der Waals surface area (Å²) in [5.41, 5.74) is 4.95. The first-order chi connectivity index (χ1) is 18.0. The number of halogens is 2. The molecule has 0 heterocycles. The maximum absolute atomic E-state index is 10.3. The van der Waals surface area contributed by atoms with Crippen molar-refractivity contribution in [2.75, 3.05) is 0 Å². The summed E-state index contributed by atoms with van der Waals surface area (Å²) >= 11 is 0. The van der Waals surface area contributed by atoms with Crippen LogP contribution in [-0.2, 0) is 36.7 Å². The third-order valence-electron chi connectivity index (χ3n) is 5.97. The zero-order valence-electron chi connectivity index (χ0n) is 24.5. The van der Waals surface area contributed by atoms with E-state index >= 15 is 0 Å². The van der Waals surface area contributed by atoms with Crippen LogP contribution in [0.3, 0.4) is 0 Å². The maximum Gasteiger partial charge on any atom is 0.128 e. The number of phenols is 2. The van der Waals surface area contributed by atoms with E-state index in [2.05, 4.69) is 51.5 Å². The van der Waals surface area contributed by atoms with Crippen molar-refractivity contribution in [3.63, 3.8) is 0 Å². The van der Waals surface area contributed by atoms with Gasteiger partial charge in [0.05, 0.1) is 11.4 Å². The summed E-state index contributed by atoms with van der Waals surface area (Å²) in [6.07, 6.45) is 3.42. The second-order valence-corrected chi connectivity index (χ2v) is 11.2. The Morgan fingerprint density at radius 3 is 1.10 bits per heavy atom. The quantitative estimate of drug-likeness (QED) is 0.161. The molecule has 0 amide bonds. The molecule has 0 aliphatic carbocycles. The minimum Gasteiger partial charge on any atom is -0.507 e. The molecule has 0 aromatic heterocycles. The number of hydrogen-bond acceptors (Lipinski definition) is 4. The van der Waals surface area contributed by atoms with Crippen LogP contribution in [0.5, 0.6) is 11.5 Å². The Hall–Kier alpha value is -2.73. The molecule has 4 aromatic carbocycles. The van der Waals surface area contributed by atoms with Crippen molar-refractivity contribution in [2.45, 2.75) is 52.4 Å². The van der Waals surface area contributed by atoms with E-state index < -0.39 is 0 Å². The van der Waals surface area contributed by atoms with Crippen molar-refractivity contribution in [3.8, 4) is 11.5 Å². The van der Waals surface area contributed by atoms with Gasteiger partial charge in [-0.05, 0) is 58.4 Å². The zero-order chi connectivity index (χ0) is 27.8. The second-order valence-electron chi connectivity index (χ2n) is 11.2. The number of aliphatic imine (C=N–C) groups is 2. The number of aromatic hydroxyl groups is 2. The SMILES string of the molecule is CC(C)(C)c1cccc(C=Nc2ccccc2)c1O.CC(C)(C)c1cccc(C=Nc2ccccc2)c1O.Cl.Cl.[Hf]. The van der Waals surface area contributed by atoms with Gasteiger partial charge in [0.1, 0.15) is 11.5 Å². The Balaban J connectivity index is 0.000000727. The topological polar surface area (TPSA) is 65.2 Å². The fraction of sp³-hybridized carbons (Fsp3) is 0.235. The predicted molar refractivity (Wildman–Crippen MR) is 176 cm³/mol. The number of para-hydroxylation sites is 4. The first-order valence-electron chi connectivity index (χ1n) is 12.8. The largest absolute Gasteiger partial charge is 0.507 e. The molecule has 0 saturated carbocycles. The van der Waals surface area contributed by atoms with Crippen molar-refractivity contribution in [2.24, 2.45) is 9.98 Å². The van der Waals surface area contributed by atoms with Gasteiger partial charge in [-0.1, -0.05) is 102 Å². The number of benzene rings is 4. The van der Waals surface area contributed by atoms with Gasteiger partial charge in [0.15, 0.2) is 0 Å². The molecule has 7 heteroatoms. The zero-order valence-corrected chi connectivity index (χ0v) is 29.7. The molecule has 0 atom stereocenters. The van der Waals surface area contributed by atoms with Crippen LogP contribution in [0.4, 0.5) is 11.4 Å². The fourth-order valence-electron chi connectivity index (χ4n) is 3.86. The Kier molecular flexibility index (Phi) is 16.1. The Morgan fingerprint density at radius 1 is 0.488 bits per heavy atom. The van der Waals surface area contributed by atoms with E-state index in [4.69, 9.17) is 0 Å². The van der Waals surface area contributed by atoms with Crippen LogP contribution in [0.25, 0.3) is 0 Å². The second kappa shape index (κ2) is 17.3. The van der Waals surface area contributed by atoms with Crippen molar-refractivity contribution in [3.05, 3.63) is 119 Å². The first kappa shape index (κ1) is 38.3. The van der Waals surface area contributed by atoms with E-state index in [0.29, 0.717) is 11.5 Å². The molecule has 4 aromatic rings. The Labute approximate surface area is 276 Å². The molecule has 0 spiro atoms. The summed E-state index contributed by atoms with van der Waals surface area (Å²) in [7, 11) is 0. The fourth-order valence-corrected chi connectivity index (χ4v) is 3.86. The third kappa shape index (κ3) is 11.6. The molecule has 2 N–H and O–H groups in total. The van der Waals surface area contributed by atoms with Gasteiger partial charge in [-0.25, -0.2) is 0 Å². The van der Waals surface area contributed by atoms with E-state index in [1.54, 1.807) is 12.4 Å². The molecule has 0 fully saturated rings. The van der Waals surface area contributed by atoms with Gasteiger partial charge < -0.3 is 10.2 Å². The normalized spacial score (nSPS) is 11.1. The average molecular weight is 758 g/mol. The van der Waals surface area contributed by atoms with Crippen LogP contribution in [0, 0.1) is 0 Å². The molecule has 216 valence electrons. The Morgan fingerprint density at radius 2 is 0.805 bits per heavy atom. The van der Waals surface area contributed by atoms with Crippen molar-refractivity contribution in [1.82, 2.24) is 0 Å². The van der Waals surface area contributed by atoms with E-state index in [1.165, 1.54) is 0 Å². The van der Waals surface area contributed by atoms with Crippen LogP contribution in [0.2, 0.25) is 0 Å². The predicted octanol–water partition coefficient (Wildman–Crippen LogP) is 9.72. The standard InChI is InChI=1S/2C17H19NO.2ClH.Hf/c2*1-17(2,3)15-11-7-8-13(16(15)19)12-18-14-9-5-4-6-10-14;;;/h2*4-12,19H,1-3H3;2*1H;. The molecule has 0 aliphatic heterocycles. The van der Waals surface area contributed by atoms with Crippen LogP contribution in [-0.4, -0.2) is 22.6 Å². The summed E-state index contributed by atoms with van der Waals surface area (Å²) in [6.45, 7) is 12.5. The summed E-state index contributed by atoms with van der Waals surface area (Å²) in [5, 5.41) is 20.6. The minimum atomic E-state index is -0.0827. The number of nitrogens with zero attached hydrogens (tertiary/aromatic N) is 2. The van der Waals surface area contributed by atoms with Gasteiger partial charge in [-0.2, -0.15) is 0 Å². The molecule has 0 bridgehead atoms. The molecule has 4 rings (SSSR count). The van der Waals surface area contributed by atoms with Crippen LogP contribution < -0.4 is 0 Å². The smallest absolute Gasteiger partial charge is 0.128 e. The van der Waals surface area contributed by atoms with Gasteiger partial charge in [-0.15, -0.1) is 24.8 Å². The molecule has 41 heavy (non-hydrogen) atoms. The molecule has 0 unspecified atom stereocenters. The monoisotopic (exact) mass is 758 g/mol. The molecule has 0 saturated heterocycles. The van der Waals surface area contributed by atoms with Crippen LogP contribution in [0.1, 0.15) is 63.8 Å². The van der Waals surface area contributed by atoms with E-state index in [1.807, 2.05) is 97.1 Å². The maximum atomic E-state index is 10.3. The molecule has 4 nitrogen and oxygen atoms in total. The van der Waals surface area contributed by atoms with Crippen LogP contribution >= 0.6 is 24.8 Å². The van der Waals surface area contributed by atoms with E-state index in [9.17, 15) is 10.2 Å². The summed E-state index contributed by atoms with van der Waals surface area (Å²) < 4.78 is 0. The van der Waals surface area contributed by atoms with Gasteiger partial charge in [0.25, 0.3) is 0 Å². The van der Waals surface area contributed by atoms with Crippen LogP contribution in [0.15, 0.2) is 107 Å². The van der Waals surface area contributed by atoms with Crippen molar-refractivity contribution < 1.29 is 36.1 Å². The molecular weight excluding hydrogens is 718 g/mol. The minimum absolute atomic E-state index is 0. The van der Waals surface area contributed by atoms with Crippen molar-refractivity contribution >= 4 is 48.6 Å². The van der Waals surface area contributed by atoms with E-state index in [-0.39, 0.29) is 61.5 Å². The van der Waals surface area contributed by atoms with E-state index in [0.717, 1.165) is 33.6 Å². The molecular formula is C34H40Cl2HfN2O2. The number of phenolic OH excluding ortho intramolecular Hbond substituents is 2. The average Bonchev–Trinajstić information content (AvgIpc) is 2.88. The Bertz CT molecular complexity index is 1290. The van der Waals surface area contributed by atoms with Gasteiger partial charge in [0.2, 0.25) is 0 Å². The first-order valence-corrected chi connectivity index (χ1v) is 12.8. The summed E-state index contributed by atoms with van der Waals surface area (Å²) in [5.74, 6) is 0.629.